The summed E-state index contributed by atoms with van der Waals surface area (Å²) in [5.74, 6) is 0.956. The number of phenolic OH excluding ortho intramolecular Hbond substituents is 1. The molecule has 2 rings (SSSR count). The van der Waals surface area contributed by atoms with Crippen molar-refractivity contribution in [2.75, 3.05) is 40.4 Å². The van der Waals surface area contributed by atoms with Crippen molar-refractivity contribution in [3.63, 3.8) is 0 Å². The lowest BCUT2D eigenvalue weighted by Gasteiger charge is -2.35. The first kappa shape index (κ1) is 16.6. The molecule has 1 saturated heterocycles. The summed E-state index contributed by atoms with van der Waals surface area (Å²) in [7, 11) is 3.11. The van der Waals surface area contributed by atoms with Crippen molar-refractivity contribution in [3.8, 4) is 17.2 Å². The van der Waals surface area contributed by atoms with E-state index in [0.29, 0.717) is 11.5 Å². The van der Waals surface area contributed by atoms with Crippen LogP contribution in [-0.2, 0) is 0 Å². The van der Waals surface area contributed by atoms with Crippen molar-refractivity contribution in [3.05, 3.63) is 30.4 Å². The number of ether oxygens (including phenoxy) is 2. The fourth-order valence-electron chi connectivity index (χ4n) is 2.94. The van der Waals surface area contributed by atoms with Crippen LogP contribution in [-0.4, -0.2) is 50.4 Å². The van der Waals surface area contributed by atoms with Gasteiger partial charge in [0.1, 0.15) is 0 Å². The highest BCUT2D eigenvalue weighted by Crippen LogP contribution is 2.40. The highest BCUT2D eigenvalue weighted by molar-refractivity contribution is 5.53. The van der Waals surface area contributed by atoms with Crippen LogP contribution < -0.4 is 14.8 Å². The van der Waals surface area contributed by atoms with Gasteiger partial charge in [-0.05, 0) is 30.5 Å². The van der Waals surface area contributed by atoms with Crippen LogP contribution in [0.2, 0.25) is 0 Å². The van der Waals surface area contributed by atoms with Gasteiger partial charge in [-0.1, -0.05) is 6.08 Å². The van der Waals surface area contributed by atoms with Gasteiger partial charge in [-0.3, -0.25) is 4.90 Å². The Morgan fingerprint density at radius 3 is 2.36 bits per heavy atom. The van der Waals surface area contributed by atoms with Crippen LogP contribution >= 0.6 is 0 Å². The minimum atomic E-state index is 0.0523. The molecule has 5 heteroatoms. The summed E-state index contributed by atoms with van der Waals surface area (Å²) in [6, 6.07) is 4.09. The molecule has 1 atom stereocenters. The summed E-state index contributed by atoms with van der Waals surface area (Å²) >= 11 is 0. The number of phenols is 1. The fourth-order valence-corrected chi connectivity index (χ4v) is 2.94. The van der Waals surface area contributed by atoms with Crippen molar-refractivity contribution in [2.45, 2.75) is 18.9 Å². The molecule has 5 nitrogen and oxygen atoms in total. The summed E-state index contributed by atoms with van der Waals surface area (Å²) in [5.41, 5.74) is 1.11. The fraction of sp³-hybridized carbons (Fsp3) is 0.529. The van der Waals surface area contributed by atoms with Gasteiger partial charge in [-0.2, -0.15) is 0 Å². The second-order valence-electron chi connectivity index (χ2n) is 5.44. The minimum absolute atomic E-state index is 0.0523. The van der Waals surface area contributed by atoms with Crippen LogP contribution in [0, 0.1) is 0 Å². The SMILES string of the molecule is C=CCC[C@@H](c1cc(OC)c(O)c(OC)c1)N1CCNCC1. The van der Waals surface area contributed by atoms with Crippen molar-refractivity contribution in [2.24, 2.45) is 0 Å². The lowest BCUT2D eigenvalue weighted by Crippen LogP contribution is -2.45. The Morgan fingerprint density at radius 1 is 1.27 bits per heavy atom. The van der Waals surface area contributed by atoms with Crippen LogP contribution in [0.15, 0.2) is 24.8 Å². The number of benzene rings is 1. The highest BCUT2D eigenvalue weighted by Gasteiger charge is 2.24. The molecule has 0 radical (unpaired) electrons. The van der Waals surface area contributed by atoms with E-state index in [1.807, 2.05) is 18.2 Å². The van der Waals surface area contributed by atoms with Crippen molar-refractivity contribution in [1.82, 2.24) is 10.2 Å². The third kappa shape index (κ3) is 3.72. The lowest BCUT2D eigenvalue weighted by atomic mass is 9.98. The molecule has 2 N–H and O–H groups in total. The smallest absolute Gasteiger partial charge is 0.200 e. The number of hydrogen-bond acceptors (Lipinski definition) is 5. The van der Waals surface area contributed by atoms with E-state index in [1.54, 1.807) is 14.2 Å². The molecule has 1 aliphatic rings. The number of aromatic hydroxyl groups is 1. The molecule has 1 aromatic carbocycles. The van der Waals surface area contributed by atoms with Crippen LogP contribution in [0.4, 0.5) is 0 Å². The molecule has 0 spiro atoms. The summed E-state index contributed by atoms with van der Waals surface area (Å²) in [6.45, 7) is 7.84. The highest BCUT2D eigenvalue weighted by atomic mass is 16.5. The second kappa shape index (κ2) is 8.06. The minimum Gasteiger partial charge on any atom is -0.502 e. The maximum atomic E-state index is 10.1. The van der Waals surface area contributed by atoms with Gasteiger partial charge in [-0.15, -0.1) is 6.58 Å². The Kier molecular flexibility index (Phi) is 6.10. The average Bonchev–Trinajstić information content (AvgIpc) is 2.57. The second-order valence-corrected chi connectivity index (χ2v) is 5.44. The van der Waals surface area contributed by atoms with E-state index in [-0.39, 0.29) is 11.8 Å². The van der Waals surface area contributed by atoms with Gasteiger partial charge in [0.2, 0.25) is 5.75 Å². The molecule has 1 aromatic rings. The Morgan fingerprint density at radius 2 is 1.86 bits per heavy atom. The van der Waals surface area contributed by atoms with Crippen LogP contribution in [0.5, 0.6) is 17.2 Å². The largest absolute Gasteiger partial charge is 0.502 e. The number of allylic oxidation sites excluding steroid dienone is 1. The molecule has 1 aliphatic heterocycles. The van der Waals surface area contributed by atoms with Gasteiger partial charge in [0.05, 0.1) is 14.2 Å². The number of hydrogen-bond donors (Lipinski definition) is 2. The van der Waals surface area contributed by atoms with Crippen LogP contribution in [0.1, 0.15) is 24.4 Å². The van der Waals surface area contributed by atoms with Gasteiger partial charge in [0.25, 0.3) is 0 Å². The van der Waals surface area contributed by atoms with E-state index in [0.717, 1.165) is 44.6 Å². The Bertz CT molecular complexity index is 474. The summed E-state index contributed by atoms with van der Waals surface area (Å²) < 4.78 is 10.6. The third-order valence-electron chi connectivity index (χ3n) is 4.12. The number of nitrogens with one attached hydrogen (secondary N) is 1. The molecule has 0 aromatic heterocycles. The van der Waals surface area contributed by atoms with Gasteiger partial charge in [0.15, 0.2) is 11.5 Å². The predicted octanol–water partition coefficient (Wildman–Crippen LogP) is 2.32. The first-order chi connectivity index (χ1) is 10.7. The quantitative estimate of drug-likeness (QED) is 0.757. The molecule has 0 aliphatic carbocycles. The van der Waals surface area contributed by atoms with Gasteiger partial charge in [-0.25, -0.2) is 0 Å². The lowest BCUT2D eigenvalue weighted by molar-refractivity contribution is 0.165. The first-order valence-electron chi connectivity index (χ1n) is 7.71. The van der Waals surface area contributed by atoms with Gasteiger partial charge >= 0.3 is 0 Å². The van der Waals surface area contributed by atoms with Crippen molar-refractivity contribution < 1.29 is 14.6 Å². The zero-order valence-corrected chi connectivity index (χ0v) is 13.5. The summed E-state index contributed by atoms with van der Waals surface area (Å²) in [5, 5.41) is 13.5. The zero-order chi connectivity index (χ0) is 15.9. The van der Waals surface area contributed by atoms with E-state index in [2.05, 4.69) is 16.8 Å². The molecule has 0 unspecified atom stereocenters. The topological polar surface area (TPSA) is 54.0 Å². The number of piperazine rings is 1. The average molecular weight is 306 g/mol. The molecule has 122 valence electrons. The zero-order valence-electron chi connectivity index (χ0n) is 13.5. The van der Waals surface area contributed by atoms with E-state index >= 15 is 0 Å². The summed E-state index contributed by atoms with van der Waals surface area (Å²) in [4.78, 5) is 2.46. The molecule has 22 heavy (non-hydrogen) atoms. The number of rotatable bonds is 7. The van der Waals surface area contributed by atoms with E-state index in [4.69, 9.17) is 9.47 Å². The molecular weight excluding hydrogens is 280 g/mol. The molecule has 1 fully saturated rings. The van der Waals surface area contributed by atoms with Gasteiger partial charge in [0, 0.05) is 32.2 Å². The Hall–Kier alpha value is -1.72. The standard InChI is InChI=1S/C17H26N2O3/c1-4-5-6-14(19-9-7-18-8-10-19)13-11-15(21-2)17(20)16(12-13)22-3/h4,11-12,14,18,20H,1,5-10H2,2-3H3/t14-/m0/s1. The predicted molar refractivity (Wildman–Crippen MR) is 87.8 cm³/mol. The van der Waals surface area contributed by atoms with Crippen molar-refractivity contribution in [1.29, 1.82) is 0 Å². The number of methoxy groups -OCH3 is 2. The van der Waals surface area contributed by atoms with Crippen molar-refractivity contribution >= 4 is 0 Å². The monoisotopic (exact) mass is 306 g/mol. The van der Waals surface area contributed by atoms with Gasteiger partial charge < -0.3 is 19.9 Å². The Balaban J connectivity index is 2.34. The molecule has 0 bridgehead atoms. The maximum Gasteiger partial charge on any atom is 0.200 e. The van der Waals surface area contributed by atoms with Crippen LogP contribution in [0.25, 0.3) is 0 Å². The van der Waals surface area contributed by atoms with E-state index < -0.39 is 0 Å². The third-order valence-corrected chi connectivity index (χ3v) is 4.12. The molecule has 0 saturated carbocycles. The Labute approximate surface area is 132 Å². The molecule has 0 amide bonds. The molecular formula is C17H26N2O3. The maximum absolute atomic E-state index is 10.1. The first-order valence-corrected chi connectivity index (χ1v) is 7.71. The number of nitrogens with zero attached hydrogens (tertiary/aromatic N) is 1. The normalized spacial score (nSPS) is 17.0. The van der Waals surface area contributed by atoms with E-state index in [1.165, 1.54) is 0 Å². The van der Waals surface area contributed by atoms with Crippen LogP contribution in [0.3, 0.4) is 0 Å². The van der Waals surface area contributed by atoms with E-state index in [9.17, 15) is 5.11 Å². The summed E-state index contributed by atoms with van der Waals surface area (Å²) in [6.07, 6.45) is 3.88. The molecule has 1 heterocycles.